The summed E-state index contributed by atoms with van der Waals surface area (Å²) in [7, 11) is 0. The number of ether oxygens (including phenoxy) is 3. The van der Waals surface area contributed by atoms with Crippen LogP contribution in [0.15, 0.2) is 91.7 Å². The van der Waals surface area contributed by atoms with Crippen LogP contribution in [0.3, 0.4) is 0 Å². The van der Waals surface area contributed by atoms with Gasteiger partial charge in [0.15, 0.2) is 0 Å². The van der Waals surface area contributed by atoms with Gasteiger partial charge < -0.3 is 14.2 Å². The molecule has 0 bridgehead atoms. The van der Waals surface area contributed by atoms with Crippen LogP contribution >= 0.6 is 0 Å². The second-order valence-corrected chi connectivity index (χ2v) is 6.74. The Hall–Kier alpha value is -4.59. The summed E-state index contributed by atoms with van der Waals surface area (Å²) in [5.41, 5.74) is 2.14. The van der Waals surface area contributed by atoms with Crippen molar-refractivity contribution in [2.45, 2.75) is 13.2 Å². The highest BCUT2D eigenvalue weighted by atomic mass is 16.6. The van der Waals surface area contributed by atoms with Crippen LogP contribution in [-0.4, -0.2) is 18.2 Å². The van der Waals surface area contributed by atoms with E-state index in [-0.39, 0.29) is 30.2 Å². The average Bonchev–Trinajstić information content (AvgIpc) is 2.83. The van der Waals surface area contributed by atoms with Crippen molar-refractivity contribution in [1.82, 2.24) is 0 Å². The maximum absolute atomic E-state index is 12.2. The molecular weight excluding hydrogens is 424 g/mol. The zero-order valence-corrected chi connectivity index (χ0v) is 17.7. The number of hydrogen-bond donors (Lipinski definition) is 2. The molecule has 0 saturated carbocycles. The first-order chi connectivity index (χ1) is 16.0. The summed E-state index contributed by atoms with van der Waals surface area (Å²) in [6.45, 7) is 3.49. The van der Waals surface area contributed by atoms with Crippen molar-refractivity contribution >= 4 is 29.5 Å². The number of esters is 1. The van der Waals surface area contributed by atoms with E-state index in [0.29, 0.717) is 0 Å². The number of carbonyl (C=O) groups is 3. The molecule has 0 unspecified atom stereocenters. The van der Waals surface area contributed by atoms with E-state index in [9.17, 15) is 14.4 Å². The summed E-state index contributed by atoms with van der Waals surface area (Å²) in [5.74, 6) is -0.716. The topological polar surface area (TPSA) is 103 Å². The third-order valence-corrected chi connectivity index (χ3v) is 4.28. The third kappa shape index (κ3) is 7.55. The fourth-order valence-corrected chi connectivity index (χ4v) is 2.79. The molecule has 0 fully saturated rings. The van der Waals surface area contributed by atoms with E-state index in [1.54, 1.807) is 0 Å². The summed E-state index contributed by atoms with van der Waals surface area (Å²) in [5, 5.41) is 5.07. The Bertz CT molecular complexity index is 1040. The average molecular weight is 446 g/mol. The first kappa shape index (κ1) is 23.1. The lowest BCUT2D eigenvalue weighted by atomic mass is 10.1. The molecule has 33 heavy (non-hydrogen) atoms. The fourth-order valence-electron chi connectivity index (χ4n) is 2.79. The zero-order chi connectivity index (χ0) is 23.5. The first-order valence-electron chi connectivity index (χ1n) is 9.96. The summed E-state index contributed by atoms with van der Waals surface area (Å²) >= 11 is 0. The van der Waals surface area contributed by atoms with E-state index in [1.165, 1.54) is 18.2 Å². The van der Waals surface area contributed by atoms with Crippen LogP contribution < -0.4 is 10.6 Å². The quantitative estimate of drug-likeness (QED) is 0.270. The van der Waals surface area contributed by atoms with Gasteiger partial charge in [-0.3, -0.25) is 10.6 Å². The van der Waals surface area contributed by atoms with Gasteiger partial charge in [-0.1, -0.05) is 67.2 Å². The zero-order valence-electron chi connectivity index (χ0n) is 17.7. The Morgan fingerprint density at radius 1 is 0.727 bits per heavy atom. The largest absolute Gasteiger partial charge is 0.444 e. The molecule has 0 aliphatic carbocycles. The van der Waals surface area contributed by atoms with Crippen LogP contribution in [0.1, 0.15) is 21.5 Å². The molecule has 168 valence electrons. The molecule has 8 nitrogen and oxygen atoms in total. The Kier molecular flexibility index (Phi) is 8.19. The van der Waals surface area contributed by atoms with Gasteiger partial charge in [0.25, 0.3) is 0 Å². The number of anilines is 2. The maximum atomic E-state index is 12.2. The second-order valence-electron chi connectivity index (χ2n) is 6.74. The monoisotopic (exact) mass is 446 g/mol. The normalized spacial score (nSPS) is 9.94. The van der Waals surface area contributed by atoms with Crippen molar-refractivity contribution < 1.29 is 28.6 Å². The molecule has 3 aromatic rings. The smallest absolute Gasteiger partial charge is 0.411 e. The SMILES string of the molecule is C=COC(=O)c1cc(NC(=O)OCc2ccccc2)cc(NC(=O)OCc2ccccc2)c1. The second kappa shape index (κ2) is 11.7. The van der Waals surface area contributed by atoms with Crippen molar-refractivity contribution in [2.24, 2.45) is 0 Å². The molecule has 0 saturated heterocycles. The molecule has 0 heterocycles. The molecule has 0 spiro atoms. The number of carbonyl (C=O) groups excluding carboxylic acids is 3. The van der Waals surface area contributed by atoms with Crippen molar-refractivity contribution in [3.05, 3.63) is 108 Å². The van der Waals surface area contributed by atoms with Crippen molar-refractivity contribution in [3.8, 4) is 0 Å². The van der Waals surface area contributed by atoms with Gasteiger partial charge >= 0.3 is 18.2 Å². The van der Waals surface area contributed by atoms with Gasteiger partial charge in [-0.05, 0) is 29.3 Å². The van der Waals surface area contributed by atoms with Crippen molar-refractivity contribution in [1.29, 1.82) is 0 Å². The summed E-state index contributed by atoms with van der Waals surface area (Å²) in [4.78, 5) is 36.6. The van der Waals surface area contributed by atoms with E-state index < -0.39 is 18.2 Å². The number of rotatable bonds is 8. The summed E-state index contributed by atoms with van der Waals surface area (Å²) in [6.07, 6.45) is -0.478. The van der Waals surface area contributed by atoms with Crippen LogP contribution in [0, 0.1) is 0 Å². The minimum absolute atomic E-state index is 0.0712. The highest BCUT2D eigenvalue weighted by Crippen LogP contribution is 2.21. The molecule has 2 N–H and O–H groups in total. The molecule has 0 aliphatic heterocycles. The summed E-state index contributed by atoms with van der Waals surface area (Å²) in [6, 6.07) is 22.6. The van der Waals surface area contributed by atoms with Crippen LogP contribution in [-0.2, 0) is 27.4 Å². The van der Waals surface area contributed by atoms with Crippen LogP contribution in [0.2, 0.25) is 0 Å². The number of nitrogens with one attached hydrogen (secondary N) is 2. The number of benzene rings is 3. The molecule has 8 heteroatoms. The van der Waals surface area contributed by atoms with E-state index in [0.717, 1.165) is 17.4 Å². The lowest BCUT2D eigenvalue weighted by molar-refractivity contribution is 0.0664. The fraction of sp³-hybridized carbons (Fsp3) is 0.0800. The Balaban J connectivity index is 1.67. The highest BCUT2D eigenvalue weighted by Gasteiger charge is 2.14. The van der Waals surface area contributed by atoms with Crippen LogP contribution in [0.25, 0.3) is 0 Å². The maximum Gasteiger partial charge on any atom is 0.411 e. The number of hydrogen-bond acceptors (Lipinski definition) is 6. The lowest BCUT2D eigenvalue weighted by Crippen LogP contribution is -2.16. The minimum atomic E-state index is -0.731. The molecule has 3 aromatic carbocycles. The molecule has 3 rings (SSSR count). The predicted octanol–water partition coefficient (Wildman–Crippen LogP) is 5.48. The van der Waals surface area contributed by atoms with Gasteiger partial charge in [0.1, 0.15) is 13.2 Å². The number of amides is 2. The highest BCUT2D eigenvalue weighted by molar-refractivity contribution is 5.96. The summed E-state index contributed by atoms with van der Waals surface area (Å²) < 4.78 is 15.2. The van der Waals surface area contributed by atoms with Crippen LogP contribution in [0.5, 0.6) is 0 Å². The van der Waals surface area contributed by atoms with Gasteiger partial charge in [-0.25, -0.2) is 14.4 Å². The van der Waals surface area contributed by atoms with Gasteiger partial charge in [-0.2, -0.15) is 0 Å². The molecule has 0 atom stereocenters. The van der Waals surface area contributed by atoms with Gasteiger partial charge in [0.2, 0.25) is 0 Å². The minimum Gasteiger partial charge on any atom is -0.444 e. The van der Waals surface area contributed by atoms with E-state index in [2.05, 4.69) is 17.2 Å². The van der Waals surface area contributed by atoms with Crippen molar-refractivity contribution in [3.63, 3.8) is 0 Å². The molecular formula is C25H22N2O6. The first-order valence-corrected chi connectivity index (χ1v) is 9.96. The van der Waals surface area contributed by atoms with Gasteiger partial charge in [-0.15, -0.1) is 0 Å². The molecule has 2 amide bonds. The van der Waals surface area contributed by atoms with E-state index >= 15 is 0 Å². The molecule has 0 radical (unpaired) electrons. The Morgan fingerprint density at radius 3 is 1.61 bits per heavy atom. The Labute approximate surface area is 190 Å². The van der Waals surface area contributed by atoms with E-state index in [1.807, 2.05) is 60.7 Å². The molecule has 0 aromatic heterocycles. The van der Waals surface area contributed by atoms with E-state index in [4.69, 9.17) is 14.2 Å². The predicted molar refractivity (Wildman–Crippen MR) is 123 cm³/mol. The van der Waals surface area contributed by atoms with Crippen molar-refractivity contribution in [2.75, 3.05) is 10.6 Å². The third-order valence-electron chi connectivity index (χ3n) is 4.28. The van der Waals surface area contributed by atoms with Gasteiger partial charge in [0, 0.05) is 11.4 Å². The molecule has 0 aliphatic rings. The van der Waals surface area contributed by atoms with Crippen LogP contribution in [0.4, 0.5) is 21.0 Å². The van der Waals surface area contributed by atoms with Gasteiger partial charge in [0.05, 0.1) is 11.8 Å². The Morgan fingerprint density at radius 2 is 1.18 bits per heavy atom. The lowest BCUT2D eigenvalue weighted by Gasteiger charge is -2.12. The standard InChI is InChI=1S/C25H22N2O6/c1-2-31-23(28)20-13-21(26-24(29)32-16-18-9-5-3-6-10-18)15-22(14-20)27-25(30)33-17-19-11-7-4-8-12-19/h2-15H,1,16-17H2,(H,26,29)(H,27,30).